The monoisotopic (exact) mass is 533 g/mol. The maximum atomic E-state index is 13.0. The maximum Gasteiger partial charge on any atom is 0.408 e. The van der Waals surface area contributed by atoms with E-state index in [1.165, 1.54) is 0 Å². The van der Waals surface area contributed by atoms with Crippen molar-refractivity contribution >= 4 is 12.2 Å². The highest BCUT2D eigenvalue weighted by Crippen LogP contribution is 2.18. The summed E-state index contributed by atoms with van der Waals surface area (Å²) in [5, 5.41) is 3.01. The van der Waals surface area contributed by atoms with Gasteiger partial charge in [-0.3, -0.25) is 0 Å². The Morgan fingerprint density at radius 2 is 1.15 bits per heavy atom. The van der Waals surface area contributed by atoms with E-state index in [0.717, 1.165) is 22.3 Å². The van der Waals surface area contributed by atoms with E-state index in [-0.39, 0.29) is 6.61 Å². The smallest absolute Gasteiger partial charge is 0.408 e. The molecule has 0 aliphatic rings. The van der Waals surface area contributed by atoms with Crippen LogP contribution >= 0.6 is 0 Å². The normalized spacial score (nSPS) is 13.3. The topological polar surface area (TPSA) is 56.8 Å². The average Bonchev–Trinajstić information content (AvgIpc) is 3.02. The van der Waals surface area contributed by atoms with Crippen LogP contribution in [0.25, 0.3) is 6.08 Å². The van der Waals surface area contributed by atoms with Crippen molar-refractivity contribution in [2.75, 3.05) is 0 Å². The zero-order valence-corrected chi connectivity index (χ0v) is 22.5. The number of carbonyl (C=O) groups excluding carboxylic acids is 1. The summed E-state index contributed by atoms with van der Waals surface area (Å²) in [7, 11) is 0. The van der Waals surface area contributed by atoms with E-state index in [9.17, 15) is 4.79 Å². The molecular weight excluding hydrogens is 498 g/mol. The summed E-state index contributed by atoms with van der Waals surface area (Å²) in [6.45, 7) is 4.90. The van der Waals surface area contributed by atoms with Crippen molar-refractivity contribution < 1.29 is 19.0 Å². The van der Waals surface area contributed by atoms with Crippen molar-refractivity contribution in [1.29, 1.82) is 0 Å². The first-order chi connectivity index (χ1) is 19.7. The molecule has 0 aromatic heterocycles. The van der Waals surface area contributed by atoms with E-state index in [4.69, 9.17) is 14.2 Å². The molecule has 4 aromatic rings. The lowest BCUT2D eigenvalue weighted by molar-refractivity contribution is -0.0729. The number of amides is 1. The van der Waals surface area contributed by atoms with Crippen LogP contribution in [-0.4, -0.2) is 24.3 Å². The molecule has 4 aromatic carbocycles. The first-order valence-electron chi connectivity index (χ1n) is 13.4. The summed E-state index contributed by atoms with van der Waals surface area (Å²) in [5.41, 5.74) is 3.94. The molecule has 0 aliphatic heterocycles. The molecule has 0 aliphatic carbocycles. The minimum absolute atomic E-state index is 0.159. The van der Waals surface area contributed by atoms with Gasteiger partial charge >= 0.3 is 6.09 Å². The molecule has 204 valence electrons. The van der Waals surface area contributed by atoms with Crippen LogP contribution in [-0.2, 0) is 34.0 Å². The standard InChI is InChI=1S/C35H35NO4/c1-2-33(38-25-29-17-9-4-10-18-29)34(39-26-30-19-11-5-12-20-30)32(24-23-28-15-7-3-8-16-28)36-35(37)40-27-31-21-13-6-14-22-31/h2-24,32-34H,1,25-27H2,(H,36,37)/t32-,33-,34+/m1/s1. The fourth-order valence-electron chi connectivity index (χ4n) is 4.15. The first-order valence-corrected chi connectivity index (χ1v) is 13.4. The zero-order valence-electron chi connectivity index (χ0n) is 22.5. The summed E-state index contributed by atoms with van der Waals surface area (Å²) in [6, 6.07) is 38.7. The van der Waals surface area contributed by atoms with Crippen molar-refractivity contribution in [3.05, 3.63) is 162 Å². The van der Waals surface area contributed by atoms with Crippen LogP contribution in [0.1, 0.15) is 22.3 Å². The predicted molar refractivity (Wildman–Crippen MR) is 159 cm³/mol. The quantitative estimate of drug-likeness (QED) is 0.172. The molecule has 0 spiro atoms. The Balaban J connectivity index is 1.57. The van der Waals surface area contributed by atoms with Crippen LogP contribution in [0.3, 0.4) is 0 Å². The van der Waals surface area contributed by atoms with Crippen LogP contribution in [0, 0.1) is 0 Å². The summed E-state index contributed by atoms with van der Waals surface area (Å²) >= 11 is 0. The van der Waals surface area contributed by atoms with Crippen molar-refractivity contribution in [3.63, 3.8) is 0 Å². The van der Waals surface area contributed by atoms with Gasteiger partial charge in [0.2, 0.25) is 0 Å². The highest BCUT2D eigenvalue weighted by molar-refractivity contribution is 5.68. The lowest BCUT2D eigenvalue weighted by Crippen LogP contribution is -2.49. The molecule has 0 bridgehead atoms. The fourth-order valence-corrected chi connectivity index (χ4v) is 4.15. The Bertz CT molecular complexity index is 1310. The molecule has 0 fully saturated rings. The Labute approximate surface area is 236 Å². The Morgan fingerprint density at radius 1 is 0.675 bits per heavy atom. The highest BCUT2D eigenvalue weighted by Gasteiger charge is 2.30. The minimum Gasteiger partial charge on any atom is -0.445 e. The van der Waals surface area contributed by atoms with Gasteiger partial charge in [0.15, 0.2) is 0 Å². The Kier molecular flexibility index (Phi) is 11.3. The van der Waals surface area contributed by atoms with E-state index in [1.54, 1.807) is 6.08 Å². The molecule has 0 saturated carbocycles. The van der Waals surface area contributed by atoms with Gasteiger partial charge < -0.3 is 19.5 Å². The fraction of sp³-hybridized carbons (Fsp3) is 0.171. The summed E-state index contributed by atoms with van der Waals surface area (Å²) in [5.74, 6) is 0. The molecular formula is C35H35NO4. The number of carbonyl (C=O) groups is 1. The van der Waals surface area contributed by atoms with E-state index in [2.05, 4.69) is 11.9 Å². The lowest BCUT2D eigenvalue weighted by Gasteiger charge is -2.31. The molecule has 5 heteroatoms. The number of hydrogen-bond donors (Lipinski definition) is 1. The van der Waals surface area contributed by atoms with Gasteiger partial charge in [-0.15, -0.1) is 6.58 Å². The van der Waals surface area contributed by atoms with Gasteiger partial charge in [-0.25, -0.2) is 4.79 Å². The molecule has 0 saturated heterocycles. The number of hydrogen-bond acceptors (Lipinski definition) is 4. The molecule has 3 atom stereocenters. The molecule has 4 rings (SSSR count). The molecule has 0 unspecified atom stereocenters. The number of rotatable bonds is 14. The van der Waals surface area contributed by atoms with Gasteiger partial charge in [-0.05, 0) is 22.3 Å². The molecule has 40 heavy (non-hydrogen) atoms. The Morgan fingerprint density at radius 3 is 1.68 bits per heavy atom. The summed E-state index contributed by atoms with van der Waals surface area (Å²) in [4.78, 5) is 13.0. The lowest BCUT2D eigenvalue weighted by atomic mass is 10.0. The largest absolute Gasteiger partial charge is 0.445 e. The molecule has 0 radical (unpaired) electrons. The van der Waals surface area contributed by atoms with Gasteiger partial charge in [-0.1, -0.05) is 140 Å². The van der Waals surface area contributed by atoms with Crippen LogP contribution in [0.15, 0.2) is 140 Å². The van der Waals surface area contributed by atoms with Crippen LogP contribution in [0.2, 0.25) is 0 Å². The Hall–Kier alpha value is -4.45. The second-order valence-corrected chi connectivity index (χ2v) is 9.26. The van der Waals surface area contributed by atoms with E-state index < -0.39 is 24.3 Å². The third-order valence-corrected chi connectivity index (χ3v) is 6.27. The summed E-state index contributed by atoms with van der Waals surface area (Å²) in [6.07, 6.45) is 3.93. The molecule has 0 heterocycles. The van der Waals surface area contributed by atoms with Crippen molar-refractivity contribution in [2.24, 2.45) is 0 Å². The second kappa shape index (κ2) is 15.8. The second-order valence-electron chi connectivity index (χ2n) is 9.26. The van der Waals surface area contributed by atoms with Crippen molar-refractivity contribution in [3.8, 4) is 0 Å². The van der Waals surface area contributed by atoms with Crippen molar-refractivity contribution in [2.45, 2.75) is 38.1 Å². The van der Waals surface area contributed by atoms with Gasteiger partial charge in [0.25, 0.3) is 0 Å². The zero-order chi connectivity index (χ0) is 27.8. The third-order valence-electron chi connectivity index (χ3n) is 6.27. The molecule has 1 amide bonds. The van der Waals surface area contributed by atoms with E-state index >= 15 is 0 Å². The first kappa shape index (κ1) is 28.6. The van der Waals surface area contributed by atoms with E-state index in [1.807, 2.05) is 133 Å². The third kappa shape index (κ3) is 9.38. The number of nitrogens with one attached hydrogen (secondary N) is 1. The summed E-state index contributed by atoms with van der Waals surface area (Å²) < 4.78 is 18.3. The van der Waals surface area contributed by atoms with Crippen LogP contribution < -0.4 is 5.32 Å². The maximum absolute atomic E-state index is 13.0. The van der Waals surface area contributed by atoms with Gasteiger partial charge in [0.05, 0.1) is 19.3 Å². The highest BCUT2D eigenvalue weighted by atomic mass is 16.6. The number of alkyl carbamates (subject to hydrolysis) is 1. The van der Waals surface area contributed by atoms with Gasteiger partial charge in [0, 0.05) is 0 Å². The van der Waals surface area contributed by atoms with Crippen LogP contribution in [0.5, 0.6) is 0 Å². The number of ether oxygens (including phenoxy) is 3. The van der Waals surface area contributed by atoms with Gasteiger partial charge in [0.1, 0.15) is 18.8 Å². The average molecular weight is 534 g/mol. The SMILES string of the molecule is C=C[C@@H](OCc1ccccc1)[C@@H](OCc1ccccc1)[C@@H](C=Cc1ccccc1)NC(=O)OCc1ccccc1. The van der Waals surface area contributed by atoms with Crippen LogP contribution in [0.4, 0.5) is 4.79 Å². The number of benzene rings is 4. The van der Waals surface area contributed by atoms with Gasteiger partial charge in [-0.2, -0.15) is 0 Å². The molecule has 5 nitrogen and oxygen atoms in total. The predicted octanol–water partition coefficient (Wildman–Crippen LogP) is 7.35. The minimum atomic E-state index is -0.592. The van der Waals surface area contributed by atoms with E-state index in [0.29, 0.717) is 13.2 Å². The molecule has 1 N–H and O–H groups in total. The van der Waals surface area contributed by atoms with Crippen molar-refractivity contribution in [1.82, 2.24) is 5.32 Å².